The Kier molecular flexibility index (Phi) is 6.75. The first-order chi connectivity index (χ1) is 10.9. The number of carbonyl (C=O) groups excluding carboxylic acids is 1. The van der Waals surface area contributed by atoms with E-state index in [-0.39, 0.29) is 17.9 Å². The van der Waals surface area contributed by atoms with Crippen LogP contribution < -0.4 is 5.32 Å². The van der Waals surface area contributed by atoms with Crippen LogP contribution in [-0.4, -0.2) is 29.9 Å². The lowest BCUT2D eigenvalue weighted by atomic mass is 9.91. The maximum atomic E-state index is 13.0. The molecule has 0 aromatic heterocycles. The molecule has 1 unspecified atom stereocenters. The molecule has 0 aliphatic carbocycles. The lowest BCUT2D eigenvalue weighted by Crippen LogP contribution is -2.45. The zero-order valence-corrected chi connectivity index (χ0v) is 15.6. The molecule has 1 aliphatic rings. The van der Waals surface area contributed by atoms with Crippen LogP contribution >= 0.6 is 23.2 Å². The molecule has 0 bridgehead atoms. The maximum Gasteiger partial charge on any atom is 0.226 e. The second-order valence-corrected chi connectivity index (χ2v) is 7.27. The summed E-state index contributed by atoms with van der Waals surface area (Å²) >= 11 is 12.2. The Labute approximate surface area is 149 Å². The summed E-state index contributed by atoms with van der Waals surface area (Å²) < 4.78 is 0. The van der Waals surface area contributed by atoms with E-state index in [1.54, 1.807) is 6.07 Å². The summed E-state index contributed by atoms with van der Waals surface area (Å²) in [6, 6.07) is 6.04. The molecule has 2 rings (SSSR count). The van der Waals surface area contributed by atoms with Gasteiger partial charge in [0.25, 0.3) is 0 Å². The topological polar surface area (TPSA) is 32.3 Å². The number of nitrogens with one attached hydrogen (secondary N) is 1. The van der Waals surface area contributed by atoms with Crippen LogP contribution in [-0.2, 0) is 4.79 Å². The van der Waals surface area contributed by atoms with Crippen molar-refractivity contribution in [3.8, 4) is 0 Å². The molecule has 23 heavy (non-hydrogen) atoms. The largest absolute Gasteiger partial charge is 0.336 e. The number of rotatable bonds is 5. The van der Waals surface area contributed by atoms with Gasteiger partial charge in [0, 0.05) is 18.5 Å². The predicted octanol–water partition coefficient (Wildman–Crippen LogP) is 4.68. The maximum absolute atomic E-state index is 13.0. The second-order valence-electron chi connectivity index (χ2n) is 6.46. The van der Waals surface area contributed by atoms with Crippen LogP contribution in [0.25, 0.3) is 0 Å². The van der Waals surface area contributed by atoms with Crippen molar-refractivity contribution in [2.75, 3.05) is 13.1 Å². The third-order valence-corrected chi connectivity index (χ3v) is 5.35. The molecule has 3 nitrogen and oxygen atoms in total. The van der Waals surface area contributed by atoms with Crippen molar-refractivity contribution in [2.24, 2.45) is 5.92 Å². The number of carbonyl (C=O) groups is 1. The van der Waals surface area contributed by atoms with Crippen molar-refractivity contribution in [1.82, 2.24) is 10.2 Å². The minimum absolute atomic E-state index is 0.00223. The van der Waals surface area contributed by atoms with Crippen LogP contribution in [0.2, 0.25) is 10.0 Å². The highest BCUT2D eigenvalue weighted by Crippen LogP contribution is 2.30. The Bertz CT molecular complexity index is 550. The molecule has 1 N–H and O–H groups in total. The lowest BCUT2D eigenvalue weighted by molar-refractivity contribution is -0.139. The SMILES string of the molecule is CCCN(C(=O)[C@H]1CCN[C@@H](C)C1)C(C)c1ccc(Cl)c(Cl)c1. The smallest absolute Gasteiger partial charge is 0.226 e. The summed E-state index contributed by atoms with van der Waals surface area (Å²) in [4.78, 5) is 15.0. The number of benzene rings is 1. The van der Waals surface area contributed by atoms with E-state index in [0.717, 1.165) is 37.9 Å². The number of nitrogens with zero attached hydrogens (tertiary/aromatic N) is 1. The molecule has 1 saturated heterocycles. The van der Waals surface area contributed by atoms with Crippen LogP contribution in [0.5, 0.6) is 0 Å². The fourth-order valence-corrected chi connectivity index (χ4v) is 3.59. The van der Waals surface area contributed by atoms with Gasteiger partial charge >= 0.3 is 0 Å². The van der Waals surface area contributed by atoms with Crippen LogP contribution in [0.1, 0.15) is 51.6 Å². The van der Waals surface area contributed by atoms with Crippen LogP contribution in [0.3, 0.4) is 0 Å². The minimum atomic E-state index is 0.00223. The normalized spacial score (nSPS) is 22.7. The van der Waals surface area contributed by atoms with E-state index in [1.165, 1.54) is 0 Å². The summed E-state index contributed by atoms with van der Waals surface area (Å²) in [6.07, 6.45) is 2.77. The molecule has 0 saturated carbocycles. The van der Waals surface area contributed by atoms with Crippen LogP contribution in [0, 0.1) is 5.92 Å². The van der Waals surface area contributed by atoms with E-state index >= 15 is 0 Å². The van der Waals surface area contributed by atoms with Gasteiger partial charge in [0.15, 0.2) is 0 Å². The Morgan fingerprint density at radius 1 is 1.39 bits per heavy atom. The van der Waals surface area contributed by atoms with Gasteiger partial charge in [0.1, 0.15) is 0 Å². The van der Waals surface area contributed by atoms with Gasteiger partial charge in [0.2, 0.25) is 5.91 Å². The summed E-state index contributed by atoms with van der Waals surface area (Å²) in [5, 5.41) is 4.49. The van der Waals surface area contributed by atoms with E-state index in [9.17, 15) is 4.79 Å². The first-order valence-corrected chi connectivity index (χ1v) is 9.18. The highest BCUT2D eigenvalue weighted by Gasteiger charge is 2.31. The standard InChI is InChI=1S/C18H26Cl2N2O/c1-4-9-22(18(23)15-7-8-21-12(2)10-15)13(3)14-5-6-16(19)17(20)11-14/h5-6,11-13,15,21H,4,7-10H2,1-3H3/t12-,13?,15-/m0/s1. The van der Waals surface area contributed by atoms with Gasteiger partial charge < -0.3 is 10.2 Å². The second kappa shape index (κ2) is 8.36. The summed E-state index contributed by atoms with van der Waals surface area (Å²) in [7, 11) is 0. The van der Waals surface area contributed by atoms with Crippen LogP contribution in [0.15, 0.2) is 18.2 Å². The molecule has 1 fully saturated rings. The molecule has 3 atom stereocenters. The van der Waals surface area contributed by atoms with E-state index < -0.39 is 0 Å². The Morgan fingerprint density at radius 2 is 2.13 bits per heavy atom. The van der Waals surface area contributed by atoms with Gasteiger partial charge in [-0.25, -0.2) is 0 Å². The predicted molar refractivity (Wildman–Crippen MR) is 97.1 cm³/mol. The number of hydrogen-bond donors (Lipinski definition) is 1. The lowest BCUT2D eigenvalue weighted by Gasteiger charge is -2.35. The van der Waals surface area contributed by atoms with Gasteiger partial charge in [-0.05, 0) is 57.4 Å². The van der Waals surface area contributed by atoms with Crippen LogP contribution in [0.4, 0.5) is 0 Å². The van der Waals surface area contributed by atoms with Gasteiger partial charge in [-0.15, -0.1) is 0 Å². The molecule has 0 spiro atoms. The first kappa shape index (κ1) is 18.6. The minimum Gasteiger partial charge on any atom is -0.336 e. The van der Waals surface area contributed by atoms with E-state index in [1.807, 2.05) is 17.0 Å². The molecule has 5 heteroatoms. The summed E-state index contributed by atoms with van der Waals surface area (Å²) in [5.41, 5.74) is 1.03. The Balaban J connectivity index is 2.18. The Hall–Kier alpha value is -0.770. The summed E-state index contributed by atoms with van der Waals surface area (Å²) in [6.45, 7) is 7.99. The Morgan fingerprint density at radius 3 is 2.74 bits per heavy atom. The average Bonchev–Trinajstić information content (AvgIpc) is 2.54. The molecule has 1 aromatic carbocycles. The van der Waals surface area contributed by atoms with Crippen molar-refractivity contribution in [1.29, 1.82) is 0 Å². The van der Waals surface area contributed by atoms with Gasteiger partial charge in [0.05, 0.1) is 16.1 Å². The first-order valence-electron chi connectivity index (χ1n) is 8.42. The fraction of sp³-hybridized carbons (Fsp3) is 0.611. The monoisotopic (exact) mass is 356 g/mol. The van der Waals surface area contributed by atoms with E-state index in [2.05, 4.69) is 26.1 Å². The summed E-state index contributed by atoms with van der Waals surface area (Å²) in [5.74, 6) is 0.377. The fourth-order valence-electron chi connectivity index (χ4n) is 3.28. The van der Waals surface area contributed by atoms with E-state index in [4.69, 9.17) is 23.2 Å². The molecule has 1 aromatic rings. The number of hydrogen-bond acceptors (Lipinski definition) is 2. The van der Waals surface area contributed by atoms with Crippen molar-refractivity contribution >= 4 is 29.1 Å². The zero-order valence-electron chi connectivity index (χ0n) is 14.1. The molecule has 1 aliphatic heterocycles. The zero-order chi connectivity index (χ0) is 17.0. The van der Waals surface area contributed by atoms with Crippen molar-refractivity contribution in [3.05, 3.63) is 33.8 Å². The highest BCUT2D eigenvalue weighted by atomic mass is 35.5. The molecule has 128 valence electrons. The molecule has 1 heterocycles. The van der Waals surface area contributed by atoms with Gasteiger partial charge in [-0.1, -0.05) is 36.2 Å². The third kappa shape index (κ3) is 4.62. The van der Waals surface area contributed by atoms with Gasteiger partial charge in [-0.3, -0.25) is 4.79 Å². The van der Waals surface area contributed by atoms with Gasteiger partial charge in [-0.2, -0.15) is 0 Å². The number of amides is 1. The van der Waals surface area contributed by atoms with Crippen molar-refractivity contribution in [3.63, 3.8) is 0 Å². The molecular weight excluding hydrogens is 331 g/mol. The average molecular weight is 357 g/mol. The molecular formula is C18H26Cl2N2O. The van der Waals surface area contributed by atoms with Crippen molar-refractivity contribution in [2.45, 2.75) is 52.1 Å². The highest BCUT2D eigenvalue weighted by molar-refractivity contribution is 6.42. The quantitative estimate of drug-likeness (QED) is 0.830. The number of piperidine rings is 1. The molecule has 0 radical (unpaired) electrons. The molecule has 1 amide bonds. The van der Waals surface area contributed by atoms with Crippen molar-refractivity contribution < 1.29 is 4.79 Å². The number of halogens is 2. The third-order valence-electron chi connectivity index (χ3n) is 4.61. The van der Waals surface area contributed by atoms with E-state index in [0.29, 0.717) is 16.1 Å².